The first-order chi connectivity index (χ1) is 12.1. The topological polar surface area (TPSA) is 49.6 Å². The molecule has 2 aromatic rings. The second-order valence-electron chi connectivity index (χ2n) is 7.01. The van der Waals surface area contributed by atoms with Crippen molar-refractivity contribution in [1.82, 2.24) is 9.80 Å². The van der Waals surface area contributed by atoms with E-state index in [0.717, 1.165) is 18.7 Å². The first-order valence-electron chi connectivity index (χ1n) is 8.87. The fourth-order valence-corrected chi connectivity index (χ4v) is 3.82. The van der Waals surface area contributed by atoms with Crippen LogP contribution in [0.15, 0.2) is 60.7 Å². The van der Waals surface area contributed by atoms with E-state index in [1.54, 1.807) is 4.90 Å². The third-order valence-corrected chi connectivity index (χ3v) is 5.15. The molecule has 1 amide bonds. The molecule has 0 radical (unpaired) electrons. The van der Waals surface area contributed by atoms with Crippen LogP contribution >= 0.6 is 12.4 Å². The summed E-state index contributed by atoms with van der Waals surface area (Å²) in [5.41, 5.74) is 8.43. The molecular weight excluding hydrogens is 346 g/mol. The second kappa shape index (κ2) is 9.17. The van der Waals surface area contributed by atoms with Gasteiger partial charge in [-0.3, -0.25) is 9.69 Å². The Bertz CT molecular complexity index is 693. The Labute approximate surface area is 162 Å². The maximum Gasteiger partial charge on any atom is 0.244 e. The molecule has 1 fully saturated rings. The molecule has 0 aromatic heterocycles. The molecular formula is C21H28ClN3O. The summed E-state index contributed by atoms with van der Waals surface area (Å²) in [6.45, 7) is 2.33. The van der Waals surface area contributed by atoms with Crippen molar-refractivity contribution >= 4 is 18.3 Å². The molecule has 3 atom stereocenters. The molecule has 26 heavy (non-hydrogen) atoms. The summed E-state index contributed by atoms with van der Waals surface area (Å²) >= 11 is 0. The minimum absolute atomic E-state index is 0. The molecule has 1 heterocycles. The van der Waals surface area contributed by atoms with Crippen molar-refractivity contribution in [2.24, 2.45) is 11.7 Å². The molecule has 0 bridgehead atoms. The Morgan fingerprint density at radius 1 is 1.08 bits per heavy atom. The zero-order valence-electron chi connectivity index (χ0n) is 15.4. The summed E-state index contributed by atoms with van der Waals surface area (Å²) in [5.74, 6) is 0.853. The highest BCUT2D eigenvalue weighted by atomic mass is 35.5. The van der Waals surface area contributed by atoms with Gasteiger partial charge in [-0.05, 0) is 23.6 Å². The molecule has 1 aliphatic rings. The molecule has 0 spiro atoms. The number of likely N-dealkylation sites (N-methyl/N-ethyl adjacent to an activating group) is 1. The average molecular weight is 374 g/mol. The van der Waals surface area contributed by atoms with Gasteiger partial charge in [-0.25, -0.2) is 0 Å². The van der Waals surface area contributed by atoms with Crippen molar-refractivity contribution < 1.29 is 4.79 Å². The Balaban J connectivity index is 0.00000243. The molecule has 140 valence electrons. The van der Waals surface area contributed by atoms with Crippen LogP contribution in [0.25, 0.3) is 0 Å². The van der Waals surface area contributed by atoms with E-state index in [1.165, 1.54) is 5.56 Å². The number of halogens is 1. The highest BCUT2D eigenvalue weighted by Crippen LogP contribution is 2.37. The third-order valence-electron chi connectivity index (χ3n) is 5.15. The van der Waals surface area contributed by atoms with Gasteiger partial charge in [0.15, 0.2) is 0 Å². The lowest BCUT2D eigenvalue weighted by Crippen LogP contribution is -2.39. The molecule has 4 nitrogen and oxygen atoms in total. The number of nitrogens with zero attached hydrogens (tertiary/aromatic N) is 2. The summed E-state index contributed by atoms with van der Waals surface area (Å²) in [6, 6.07) is 20.3. The second-order valence-corrected chi connectivity index (χ2v) is 7.01. The first kappa shape index (κ1) is 20.4. The standard InChI is InChI=1S/C21H27N3O.ClH/c1-23(2)21(25)20(17-11-7-4-8-12-17)24-14-18(13-22)19(15-24)16-9-5-3-6-10-16;/h3-12,18-20H,13-15,22H2,1-2H3;1H/t18-,19+,20?;/m1./s1. The van der Waals surface area contributed by atoms with E-state index in [-0.39, 0.29) is 24.4 Å². The molecule has 2 N–H and O–H groups in total. The number of rotatable bonds is 5. The van der Waals surface area contributed by atoms with E-state index in [1.807, 2.05) is 50.5 Å². The Hall–Kier alpha value is -1.88. The predicted octanol–water partition coefficient (Wildman–Crippen LogP) is 2.91. The summed E-state index contributed by atoms with van der Waals surface area (Å²) < 4.78 is 0. The van der Waals surface area contributed by atoms with Crippen molar-refractivity contribution in [1.29, 1.82) is 0 Å². The fraction of sp³-hybridized carbons (Fsp3) is 0.381. The predicted molar refractivity (Wildman–Crippen MR) is 108 cm³/mol. The highest BCUT2D eigenvalue weighted by Gasteiger charge is 2.39. The van der Waals surface area contributed by atoms with Crippen LogP contribution in [0.2, 0.25) is 0 Å². The van der Waals surface area contributed by atoms with Crippen molar-refractivity contribution in [2.75, 3.05) is 33.7 Å². The van der Waals surface area contributed by atoms with Crippen molar-refractivity contribution in [3.05, 3.63) is 71.8 Å². The lowest BCUT2D eigenvalue weighted by atomic mass is 9.89. The lowest BCUT2D eigenvalue weighted by Gasteiger charge is -2.29. The third kappa shape index (κ3) is 4.26. The van der Waals surface area contributed by atoms with Gasteiger partial charge in [0, 0.05) is 33.1 Å². The maximum atomic E-state index is 12.9. The number of hydrogen-bond acceptors (Lipinski definition) is 3. The Kier molecular flexibility index (Phi) is 7.21. The quantitative estimate of drug-likeness (QED) is 0.876. The molecule has 0 aliphatic carbocycles. The SMILES string of the molecule is CN(C)C(=O)C(c1ccccc1)N1C[C@@H](CN)[C@H](c2ccccc2)C1.Cl. The van der Waals surface area contributed by atoms with E-state index < -0.39 is 0 Å². The maximum absolute atomic E-state index is 12.9. The van der Waals surface area contributed by atoms with E-state index >= 15 is 0 Å². The number of likely N-dealkylation sites (tertiary alicyclic amines) is 1. The molecule has 1 saturated heterocycles. The molecule has 1 unspecified atom stereocenters. The normalized spacial score (nSPS) is 21.0. The molecule has 1 aliphatic heterocycles. The zero-order valence-corrected chi connectivity index (χ0v) is 16.2. The van der Waals surface area contributed by atoms with Gasteiger partial charge in [0.25, 0.3) is 0 Å². The summed E-state index contributed by atoms with van der Waals surface area (Å²) in [7, 11) is 3.65. The molecule has 0 saturated carbocycles. The molecule has 3 rings (SSSR count). The van der Waals surface area contributed by atoms with Crippen LogP contribution in [0, 0.1) is 5.92 Å². The number of carbonyl (C=O) groups is 1. The number of nitrogens with two attached hydrogens (primary N) is 1. The monoisotopic (exact) mass is 373 g/mol. The van der Waals surface area contributed by atoms with Crippen LogP contribution in [0.5, 0.6) is 0 Å². The lowest BCUT2D eigenvalue weighted by molar-refractivity contribution is -0.134. The van der Waals surface area contributed by atoms with Gasteiger partial charge >= 0.3 is 0 Å². The van der Waals surface area contributed by atoms with E-state index in [0.29, 0.717) is 18.4 Å². The van der Waals surface area contributed by atoms with E-state index in [9.17, 15) is 4.79 Å². The van der Waals surface area contributed by atoms with Gasteiger partial charge < -0.3 is 10.6 Å². The molecule has 2 aromatic carbocycles. The number of benzene rings is 2. The Morgan fingerprint density at radius 3 is 2.19 bits per heavy atom. The van der Waals surface area contributed by atoms with E-state index in [2.05, 4.69) is 29.2 Å². The Morgan fingerprint density at radius 2 is 1.65 bits per heavy atom. The van der Waals surface area contributed by atoms with Crippen molar-refractivity contribution in [3.8, 4) is 0 Å². The highest BCUT2D eigenvalue weighted by molar-refractivity contribution is 5.85. The van der Waals surface area contributed by atoms with Crippen LogP contribution < -0.4 is 5.73 Å². The van der Waals surface area contributed by atoms with Crippen LogP contribution in [-0.2, 0) is 4.79 Å². The van der Waals surface area contributed by atoms with Gasteiger partial charge in [-0.2, -0.15) is 0 Å². The van der Waals surface area contributed by atoms with Gasteiger partial charge in [0.05, 0.1) is 0 Å². The van der Waals surface area contributed by atoms with Gasteiger partial charge in [0.1, 0.15) is 6.04 Å². The number of carbonyl (C=O) groups excluding carboxylic acids is 1. The minimum Gasteiger partial charge on any atom is -0.347 e. The van der Waals surface area contributed by atoms with Crippen LogP contribution in [0.3, 0.4) is 0 Å². The van der Waals surface area contributed by atoms with Gasteiger partial charge in [-0.15, -0.1) is 12.4 Å². The largest absolute Gasteiger partial charge is 0.347 e. The summed E-state index contributed by atoms with van der Waals surface area (Å²) in [6.07, 6.45) is 0. The van der Waals surface area contributed by atoms with Crippen LogP contribution in [0.4, 0.5) is 0 Å². The number of amides is 1. The molecule has 5 heteroatoms. The van der Waals surface area contributed by atoms with Crippen LogP contribution in [0.1, 0.15) is 23.1 Å². The summed E-state index contributed by atoms with van der Waals surface area (Å²) in [4.78, 5) is 16.9. The summed E-state index contributed by atoms with van der Waals surface area (Å²) in [5, 5.41) is 0. The fourth-order valence-electron chi connectivity index (χ4n) is 3.82. The van der Waals surface area contributed by atoms with E-state index in [4.69, 9.17) is 5.73 Å². The minimum atomic E-state index is -0.251. The zero-order chi connectivity index (χ0) is 17.8. The first-order valence-corrected chi connectivity index (χ1v) is 8.87. The number of hydrogen-bond donors (Lipinski definition) is 1. The average Bonchev–Trinajstić information content (AvgIpc) is 3.07. The van der Waals surface area contributed by atoms with Gasteiger partial charge in [0.2, 0.25) is 5.91 Å². The smallest absolute Gasteiger partial charge is 0.244 e. The van der Waals surface area contributed by atoms with Crippen LogP contribution in [-0.4, -0.2) is 49.4 Å². The van der Waals surface area contributed by atoms with Crippen molar-refractivity contribution in [3.63, 3.8) is 0 Å². The van der Waals surface area contributed by atoms with Gasteiger partial charge in [-0.1, -0.05) is 60.7 Å². The van der Waals surface area contributed by atoms with Crippen molar-refractivity contribution in [2.45, 2.75) is 12.0 Å².